The lowest BCUT2D eigenvalue weighted by molar-refractivity contribution is 0.418. The van der Waals surface area contributed by atoms with E-state index in [9.17, 15) is 0 Å². The van der Waals surface area contributed by atoms with Crippen LogP contribution >= 0.6 is 15.9 Å². The molecule has 0 amide bonds. The van der Waals surface area contributed by atoms with Crippen molar-refractivity contribution in [1.29, 1.82) is 5.26 Å². The molecule has 0 heterocycles. The summed E-state index contributed by atoms with van der Waals surface area (Å²) in [5.41, 5.74) is 6.42. The van der Waals surface area contributed by atoms with Crippen molar-refractivity contribution in [2.75, 3.05) is 12.8 Å². The molecule has 0 spiro atoms. The van der Waals surface area contributed by atoms with Crippen molar-refractivity contribution in [2.45, 2.75) is 0 Å². The van der Waals surface area contributed by atoms with E-state index in [1.165, 1.54) is 6.07 Å². The lowest BCUT2D eigenvalue weighted by Crippen LogP contribution is -1.92. The Bertz CT molecular complexity index is 692. The third kappa shape index (κ3) is 1.59. The zero-order valence-electron chi connectivity index (χ0n) is 11.1. The molecule has 3 nitrogen and oxygen atoms in total. The van der Waals surface area contributed by atoms with Crippen molar-refractivity contribution < 1.29 is 8.85 Å². The fourth-order valence-corrected chi connectivity index (χ4v) is 2.27. The van der Waals surface area contributed by atoms with Crippen molar-refractivity contribution >= 4 is 32.4 Å². The Labute approximate surface area is 106 Å². The van der Waals surface area contributed by atoms with Gasteiger partial charge in [0.05, 0.1) is 16.7 Å². The zero-order chi connectivity index (χ0) is 14.2. The standard InChI is InChI=1S/C12H9BrN2O/c1-16-12-8(6-14)3-2-7-4-9(15)5-10(13)11(7)12/h2-5H,15H2,1H3/i1D3. The van der Waals surface area contributed by atoms with Gasteiger partial charge in [0, 0.05) is 15.5 Å². The second kappa shape index (κ2) is 4.03. The molecule has 0 saturated heterocycles. The average Bonchev–Trinajstić information content (AvgIpc) is 2.26. The molecule has 0 aliphatic rings. The lowest BCUT2D eigenvalue weighted by Gasteiger charge is -2.09. The minimum absolute atomic E-state index is 0.0341. The number of benzene rings is 2. The average molecular weight is 280 g/mol. The highest BCUT2D eigenvalue weighted by Gasteiger charge is 2.11. The Morgan fingerprint density at radius 3 is 3.00 bits per heavy atom. The third-order valence-electron chi connectivity index (χ3n) is 2.27. The van der Waals surface area contributed by atoms with Crippen LogP contribution in [-0.2, 0) is 0 Å². The Hall–Kier alpha value is -1.73. The first-order valence-electron chi connectivity index (χ1n) is 5.92. The molecule has 0 aromatic heterocycles. The molecule has 0 aliphatic heterocycles. The van der Waals surface area contributed by atoms with Gasteiger partial charge in [0.25, 0.3) is 0 Å². The monoisotopic (exact) mass is 279 g/mol. The summed E-state index contributed by atoms with van der Waals surface area (Å²) in [5.74, 6) is 0.0341. The van der Waals surface area contributed by atoms with Gasteiger partial charge in [0.1, 0.15) is 11.8 Å². The van der Waals surface area contributed by atoms with Crippen LogP contribution in [0.2, 0.25) is 0 Å². The zero-order valence-corrected chi connectivity index (χ0v) is 9.71. The van der Waals surface area contributed by atoms with Crippen LogP contribution in [0.1, 0.15) is 9.68 Å². The van der Waals surface area contributed by atoms with Gasteiger partial charge >= 0.3 is 0 Å². The summed E-state index contributed by atoms with van der Waals surface area (Å²) in [5, 5.41) is 10.3. The number of anilines is 1. The maximum absolute atomic E-state index is 9.07. The van der Waals surface area contributed by atoms with E-state index in [1.807, 2.05) is 6.07 Å². The number of hydrogen-bond donors (Lipinski definition) is 1. The summed E-state index contributed by atoms with van der Waals surface area (Å²) >= 11 is 3.32. The van der Waals surface area contributed by atoms with E-state index >= 15 is 0 Å². The summed E-state index contributed by atoms with van der Waals surface area (Å²) in [7, 11) is -2.62. The highest BCUT2D eigenvalue weighted by atomic mass is 79.9. The van der Waals surface area contributed by atoms with Crippen LogP contribution in [0.3, 0.4) is 0 Å². The highest BCUT2D eigenvalue weighted by molar-refractivity contribution is 9.10. The first-order chi connectivity index (χ1) is 8.81. The SMILES string of the molecule is [2H]C([2H])([2H])Oc1c(C#N)ccc2cc(N)cc(Br)c12. The number of nitrogen functional groups attached to an aromatic ring is 1. The van der Waals surface area contributed by atoms with E-state index in [4.69, 9.17) is 19.8 Å². The van der Waals surface area contributed by atoms with Crippen LogP contribution in [0.15, 0.2) is 28.7 Å². The van der Waals surface area contributed by atoms with E-state index in [2.05, 4.69) is 15.9 Å². The number of ether oxygens (including phenoxy) is 1. The van der Waals surface area contributed by atoms with Gasteiger partial charge in [0.2, 0.25) is 0 Å². The summed E-state index contributed by atoms with van der Waals surface area (Å²) < 4.78 is 27.1. The molecule has 16 heavy (non-hydrogen) atoms. The van der Waals surface area contributed by atoms with Gasteiger partial charge in [0.15, 0.2) is 0 Å². The van der Waals surface area contributed by atoms with E-state index in [0.717, 1.165) is 0 Å². The summed E-state index contributed by atoms with van der Waals surface area (Å²) in [6.07, 6.45) is 0. The van der Waals surface area contributed by atoms with E-state index < -0.39 is 7.04 Å². The number of halogens is 1. The smallest absolute Gasteiger partial charge is 0.145 e. The highest BCUT2D eigenvalue weighted by Crippen LogP contribution is 2.36. The van der Waals surface area contributed by atoms with Crippen molar-refractivity contribution in [3.63, 3.8) is 0 Å². The minimum Gasteiger partial charge on any atom is -0.495 e. The molecule has 0 unspecified atom stereocenters. The quantitative estimate of drug-likeness (QED) is 0.817. The van der Waals surface area contributed by atoms with Crippen molar-refractivity contribution in [1.82, 2.24) is 0 Å². The van der Waals surface area contributed by atoms with Gasteiger partial charge in [-0.1, -0.05) is 6.07 Å². The maximum atomic E-state index is 9.07. The summed E-state index contributed by atoms with van der Waals surface area (Å²) in [6, 6.07) is 8.45. The molecule has 0 radical (unpaired) electrons. The van der Waals surface area contributed by atoms with Crippen LogP contribution < -0.4 is 10.5 Å². The van der Waals surface area contributed by atoms with Crippen molar-refractivity contribution in [3.8, 4) is 11.8 Å². The molecule has 0 atom stereocenters. The van der Waals surface area contributed by atoms with Crippen LogP contribution in [-0.4, -0.2) is 7.04 Å². The lowest BCUT2D eigenvalue weighted by atomic mass is 10.1. The number of rotatable bonds is 1. The normalized spacial score (nSPS) is 13.6. The van der Waals surface area contributed by atoms with Crippen molar-refractivity contribution in [2.24, 2.45) is 0 Å². The molecule has 2 aromatic rings. The molecular formula is C12H9BrN2O. The van der Waals surface area contributed by atoms with Gasteiger partial charge in [-0.2, -0.15) is 5.26 Å². The Balaban J connectivity index is 2.81. The first kappa shape index (κ1) is 7.53. The summed E-state index contributed by atoms with van der Waals surface area (Å²) in [6.45, 7) is 0. The molecule has 0 saturated carbocycles. The number of methoxy groups -OCH3 is 1. The molecule has 0 aliphatic carbocycles. The van der Waals surface area contributed by atoms with E-state index in [0.29, 0.717) is 20.9 Å². The fourth-order valence-electron chi connectivity index (χ4n) is 1.60. The van der Waals surface area contributed by atoms with Gasteiger partial charge in [-0.15, -0.1) is 0 Å². The largest absolute Gasteiger partial charge is 0.495 e. The van der Waals surface area contributed by atoms with Gasteiger partial charge < -0.3 is 10.5 Å². The minimum atomic E-state index is -2.62. The molecule has 0 bridgehead atoms. The molecular weight excluding hydrogens is 268 g/mol. The van der Waals surface area contributed by atoms with Crippen LogP contribution in [0, 0.1) is 11.3 Å². The molecule has 2 aromatic carbocycles. The molecule has 2 N–H and O–H groups in total. The predicted octanol–water partition coefficient (Wildman–Crippen LogP) is 3.06. The van der Waals surface area contributed by atoms with E-state index in [1.54, 1.807) is 18.2 Å². The topological polar surface area (TPSA) is 59.0 Å². The first-order valence-corrected chi connectivity index (χ1v) is 5.22. The number of nitriles is 1. The van der Waals surface area contributed by atoms with E-state index in [-0.39, 0.29) is 11.3 Å². The van der Waals surface area contributed by atoms with Gasteiger partial charge in [-0.25, -0.2) is 0 Å². The maximum Gasteiger partial charge on any atom is 0.145 e. The van der Waals surface area contributed by atoms with Gasteiger partial charge in [-0.05, 0) is 39.5 Å². The van der Waals surface area contributed by atoms with Crippen LogP contribution in [0.25, 0.3) is 10.8 Å². The molecule has 2 rings (SSSR count). The Morgan fingerprint density at radius 2 is 2.31 bits per heavy atom. The van der Waals surface area contributed by atoms with Gasteiger partial charge in [-0.3, -0.25) is 0 Å². The predicted molar refractivity (Wildman–Crippen MR) is 67.3 cm³/mol. The number of hydrogen-bond acceptors (Lipinski definition) is 3. The second-order valence-electron chi connectivity index (χ2n) is 3.26. The Kier molecular flexibility index (Phi) is 1.90. The number of fused-ring (bicyclic) bond motifs is 1. The number of nitrogens with zero attached hydrogens (tertiary/aromatic N) is 1. The van der Waals surface area contributed by atoms with Crippen LogP contribution in [0.5, 0.6) is 5.75 Å². The fraction of sp³-hybridized carbons (Fsp3) is 0.0833. The van der Waals surface area contributed by atoms with Crippen LogP contribution in [0.4, 0.5) is 5.69 Å². The molecule has 80 valence electrons. The Morgan fingerprint density at radius 1 is 1.50 bits per heavy atom. The van der Waals surface area contributed by atoms with Crippen molar-refractivity contribution in [3.05, 3.63) is 34.3 Å². The second-order valence-corrected chi connectivity index (χ2v) is 4.11. The summed E-state index contributed by atoms with van der Waals surface area (Å²) in [4.78, 5) is 0. The third-order valence-corrected chi connectivity index (χ3v) is 2.89. The number of nitrogens with two attached hydrogens (primary N) is 1. The molecule has 0 fully saturated rings. The molecule has 4 heteroatoms.